The minimum Gasteiger partial charge on any atom is -0.316 e. The van der Waals surface area contributed by atoms with Crippen molar-refractivity contribution in [1.29, 1.82) is 0 Å². The summed E-state index contributed by atoms with van der Waals surface area (Å²) in [6.45, 7) is 1.90. The van der Waals surface area contributed by atoms with Crippen LogP contribution in [0.5, 0.6) is 0 Å². The van der Waals surface area contributed by atoms with Gasteiger partial charge in [0.25, 0.3) is 0 Å². The third kappa shape index (κ3) is 2.07. The van der Waals surface area contributed by atoms with Crippen LogP contribution in [0.4, 0.5) is 4.39 Å². The van der Waals surface area contributed by atoms with Gasteiger partial charge in [0.2, 0.25) is 0 Å². The molecule has 0 amide bonds. The monoisotopic (exact) mass is 213 g/mol. The van der Waals surface area contributed by atoms with Gasteiger partial charge in [-0.3, -0.25) is 0 Å². The van der Waals surface area contributed by atoms with Crippen LogP contribution in [-0.4, -0.2) is 13.1 Å². The highest BCUT2D eigenvalue weighted by Crippen LogP contribution is 2.27. The molecule has 2 rings (SSSR count). The molecule has 76 valence electrons. The molecule has 1 aromatic carbocycles. The standard InChI is InChI=1S/C11H13ClFN/c12-9-3-4-11(13)10(6-9)8-2-1-5-14-7-8/h3-4,6,8,14H,1-2,5,7H2/t8-/m1/s1. The molecular weight excluding hydrogens is 201 g/mol. The maximum absolute atomic E-state index is 13.5. The van der Waals surface area contributed by atoms with Crippen LogP contribution < -0.4 is 5.32 Å². The maximum atomic E-state index is 13.5. The molecule has 0 saturated carbocycles. The van der Waals surface area contributed by atoms with Gasteiger partial charge in [-0.15, -0.1) is 0 Å². The minimum atomic E-state index is -0.136. The van der Waals surface area contributed by atoms with E-state index in [2.05, 4.69) is 5.32 Å². The molecule has 1 nitrogen and oxygen atoms in total. The summed E-state index contributed by atoms with van der Waals surface area (Å²) in [5.74, 6) is 0.144. The number of hydrogen-bond acceptors (Lipinski definition) is 1. The minimum absolute atomic E-state index is 0.136. The summed E-state index contributed by atoms with van der Waals surface area (Å²) < 4.78 is 13.5. The van der Waals surface area contributed by atoms with E-state index in [1.54, 1.807) is 12.1 Å². The topological polar surface area (TPSA) is 12.0 Å². The second-order valence-electron chi connectivity index (χ2n) is 3.71. The molecule has 1 heterocycles. The maximum Gasteiger partial charge on any atom is 0.126 e. The van der Waals surface area contributed by atoms with Crippen LogP contribution in [0.1, 0.15) is 24.3 Å². The van der Waals surface area contributed by atoms with Crippen molar-refractivity contribution in [1.82, 2.24) is 5.32 Å². The molecular formula is C11H13ClFN. The van der Waals surface area contributed by atoms with Gasteiger partial charge in [0.05, 0.1) is 0 Å². The van der Waals surface area contributed by atoms with Crippen LogP contribution in [0.3, 0.4) is 0 Å². The number of rotatable bonds is 1. The molecule has 3 heteroatoms. The van der Waals surface area contributed by atoms with Crippen molar-refractivity contribution in [3.63, 3.8) is 0 Å². The molecule has 0 radical (unpaired) electrons. The summed E-state index contributed by atoms with van der Waals surface area (Å²) >= 11 is 5.85. The van der Waals surface area contributed by atoms with E-state index >= 15 is 0 Å². The number of piperidine rings is 1. The van der Waals surface area contributed by atoms with Gasteiger partial charge in [0, 0.05) is 11.6 Å². The molecule has 1 atom stereocenters. The van der Waals surface area contributed by atoms with E-state index in [1.165, 1.54) is 6.07 Å². The van der Waals surface area contributed by atoms with E-state index in [9.17, 15) is 4.39 Å². The molecule has 0 aromatic heterocycles. The van der Waals surface area contributed by atoms with Gasteiger partial charge >= 0.3 is 0 Å². The quantitative estimate of drug-likeness (QED) is 0.757. The first-order valence-corrected chi connectivity index (χ1v) is 5.31. The van der Waals surface area contributed by atoms with Crippen LogP contribution in [-0.2, 0) is 0 Å². The number of hydrogen-bond donors (Lipinski definition) is 1. The van der Waals surface area contributed by atoms with Crippen molar-refractivity contribution in [2.45, 2.75) is 18.8 Å². The van der Waals surface area contributed by atoms with Crippen molar-refractivity contribution in [2.75, 3.05) is 13.1 Å². The average molecular weight is 214 g/mol. The Labute approximate surface area is 88.3 Å². The van der Waals surface area contributed by atoms with Crippen molar-refractivity contribution >= 4 is 11.6 Å². The number of benzene rings is 1. The van der Waals surface area contributed by atoms with Gasteiger partial charge in [0.1, 0.15) is 5.82 Å². The fraction of sp³-hybridized carbons (Fsp3) is 0.455. The first-order valence-electron chi connectivity index (χ1n) is 4.93. The van der Waals surface area contributed by atoms with E-state index in [4.69, 9.17) is 11.6 Å². The predicted octanol–water partition coefficient (Wildman–Crippen LogP) is 2.95. The molecule has 0 bridgehead atoms. The Balaban J connectivity index is 2.24. The molecule has 14 heavy (non-hydrogen) atoms. The highest BCUT2D eigenvalue weighted by Gasteiger charge is 2.18. The van der Waals surface area contributed by atoms with Crippen molar-refractivity contribution < 1.29 is 4.39 Å². The summed E-state index contributed by atoms with van der Waals surface area (Å²) in [5, 5.41) is 3.89. The second-order valence-corrected chi connectivity index (χ2v) is 4.15. The van der Waals surface area contributed by atoms with Gasteiger partial charge in [0.15, 0.2) is 0 Å². The molecule has 0 spiro atoms. The van der Waals surface area contributed by atoms with Crippen LogP contribution in [0.2, 0.25) is 5.02 Å². The predicted molar refractivity (Wildman–Crippen MR) is 56.3 cm³/mol. The molecule has 0 unspecified atom stereocenters. The molecule has 1 aliphatic heterocycles. The Morgan fingerprint density at radius 3 is 3.00 bits per heavy atom. The third-order valence-electron chi connectivity index (χ3n) is 2.69. The van der Waals surface area contributed by atoms with Crippen LogP contribution in [0.15, 0.2) is 18.2 Å². The lowest BCUT2D eigenvalue weighted by Gasteiger charge is -2.23. The van der Waals surface area contributed by atoms with Gasteiger partial charge in [-0.1, -0.05) is 11.6 Å². The van der Waals surface area contributed by atoms with E-state index in [1.807, 2.05) is 0 Å². The lowest BCUT2D eigenvalue weighted by molar-refractivity contribution is 0.446. The molecule has 0 aliphatic carbocycles. The van der Waals surface area contributed by atoms with Crippen molar-refractivity contribution in [3.05, 3.63) is 34.6 Å². The highest BCUT2D eigenvalue weighted by molar-refractivity contribution is 6.30. The summed E-state index contributed by atoms with van der Waals surface area (Å²) in [5.41, 5.74) is 0.754. The van der Waals surface area contributed by atoms with E-state index in [0.29, 0.717) is 5.02 Å². The largest absolute Gasteiger partial charge is 0.316 e. The number of halogens is 2. The Bertz CT molecular complexity index is 321. The van der Waals surface area contributed by atoms with Crippen molar-refractivity contribution in [2.24, 2.45) is 0 Å². The zero-order valence-corrected chi connectivity index (χ0v) is 8.65. The highest BCUT2D eigenvalue weighted by atomic mass is 35.5. The summed E-state index contributed by atoms with van der Waals surface area (Å²) in [6.07, 6.45) is 2.15. The van der Waals surface area contributed by atoms with Crippen LogP contribution in [0, 0.1) is 5.82 Å². The van der Waals surface area contributed by atoms with Gasteiger partial charge in [-0.05, 0) is 49.1 Å². The Morgan fingerprint density at radius 2 is 2.29 bits per heavy atom. The van der Waals surface area contributed by atoms with Crippen LogP contribution >= 0.6 is 11.6 Å². The summed E-state index contributed by atoms with van der Waals surface area (Å²) in [7, 11) is 0. The van der Waals surface area contributed by atoms with Gasteiger partial charge in [-0.2, -0.15) is 0 Å². The zero-order valence-electron chi connectivity index (χ0n) is 7.89. The second kappa shape index (κ2) is 4.28. The normalized spacial score (nSPS) is 22.3. The van der Waals surface area contributed by atoms with E-state index < -0.39 is 0 Å². The molecule has 1 aliphatic rings. The zero-order chi connectivity index (χ0) is 9.97. The molecule has 1 fully saturated rings. The molecule has 1 N–H and O–H groups in total. The summed E-state index contributed by atoms with van der Waals surface area (Å²) in [4.78, 5) is 0. The van der Waals surface area contributed by atoms with Crippen molar-refractivity contribution in [3.8, 4) is 0 Å². The SMILES string of the molecule is Fc1ccc(Cl)cc1[C@@H]1CCCNC1. The van der Waals surface area contributed by atoms with Gasteiger partial charge in [-0.25, -0.2) is 4.39 Å². The van der Waals surface area contributed by atoms with Crippen LogP contribution in [0.25, 0.3) is 0 Å². The smallest absolute Gasteiger partial charge is 0.126 e. The lowest BCUT2D eigenvalue weighted by Crippen LogP contribution is -2.28. The first kappa shape index (κ1) is 9.94. The van der Waals surface area contributed by atoms with Gasteiger partial charge < -0.3 is 5.32 Å². The van der Waals surface area contributed by atoms with E-state index in [0.717, 1.165) is 31.5 Å². The Kier molecular flexibility index (Phi) is 3.04. The molecule has 1 aromatic rings. The number of nitrogens with one attached hydrogen (secondary N) is 1. The third-order valence-corrected chi connectivity index (χ3v) is 2.93. The lowest BCUT2D eigenvalue weighted by atomic mass is 9.91. The fourth-order valence-electron chi connectivity index (χ4n) is 1.94. The average Bonchev–Trinajstić information content (AvgIpc) is 2.23. The Hall–Kier alpha value is -0.600. The van der Waals surface area contributed by atoms with E-state index in [-0.39, 0.29) is 11.7 Å². The molecule has 1 saturated heterocycles. The first-order chi connectivity index (χ1) is 6.77. The Morgan fingerprint density at radius 1 is 1.43 bits per heavy atom. The summed E-state index contributed by atoms with van der Waals surface area (Å²) in [6, 6.07) is 4.79. The fourth-order valence-corrected chi connectivity index (χ4v) is 2.13.